The lowest BCUT2D eigenvalue weighted by Crippen LogP contribution is -2.35. The average molecular weight is 272 g/mol. The van der Waals surface area contributed by atoms with E-state index in [2.05, 4.69) is 15.3 Å². The van der Waals surface area contributed by atoms with Crippen LogP contribution in [0.4, 0.5) is 4.39 Å². The van der Waals surface area contributed by atoms with E-state index in [0.717, 1.165) is 0 Å². The second kappa shape index (κ2) is 5.60. The van der Waals surface area contributed by atoms with Gasteiger partial charge in [-0.15, -0.1) is 10.2 Å². The Morgan fingerprint density at radius 1 is 1.44 bits per heavy atom. The lowest BCUT2D eigenvalue weighted by atomic mass is 9.91. The fraction of sp³-hybridized carbons (Fsp3) is 0.636. The Morgan fingerprint density at radius 3 is 2.50 bits per heavy atom. The Bertz CT molecular complexity index is 520. The molecule has 0 saturated carbocycles. The van der Waals surface area contributed by atoms with Crippen LogP contribution in [0, 0.1) is 0 Å². The van der Waals surface area contributed by atoms with Crippen LogP contribution in [0.5, 0.6) is 0 Å². The molecule has 0 aromatic carbocycles. The van der Waals surface area contributed by atoms with Crippen LogP contribution in [0.1, 0.15) is 33.4 Å². The van der Waals surface area contributed by atoms with Gasteiger partial charge in [0.25, 0.3) is 5.56 Å². The molecular formula is C11H17FN4OS. The van der Waals surface area contributed by atoms with E-state index in [1.54, 1.807) is 34.0 Å². The van der Waals surface area contributed by atoms with Crippen LogP contribution in [0.2, 0.25) is 0 Å². The summed E-state index contributed by atoms with van der Waals surface area (Å²) in [5.41, 5.74) is -0.574. The number of nitrogens with zero attached hydrogens (tertiary/aromatic N) is 4. The van der Waals surface area contributed by atoms with Crippen LogP contribution >= 0.6 is 11.8 Å². The van der Waals surface area contributed by atoms with E-state index in [0.29, 0.717) is 10.9 Å². The fourth-order valence-corrected chi connectivity index (χ4v) is 1.69. The summed E-state index contributed by atoms with van der Waals surface area (Å²) in [5, 5.41) is 12.3. The van der Waals surface area contributed by atoms with Gasteiger partial charge in [0.1, 0.15) is 12.4 Å². The van der Waals surface area contributed by atoms with Crippen LogP contribution in [0.15, 0.2) is 15.1 Å². The lowest BCUT2D eigenvalue weighted by molar-refractivity contribution is 0.334. The molecular weight excluding hydrogens is 255 g/mol. The van der Waals surface area contributed by atoms with E-state index < -0.39 is 17.6 Å². The lowest BCUT2D eigenvalue weighted by Gasteiger charge is -2.18. The molecule has 5 nitrogen and oxygen atoms in total. The SMILES string of the molecule is CSc1nnc(C(C)(C)CF)c(=O)n1N=C(C)C. The summed E-state index contributed by atoms with van der Waals surface area (Å²) in [6.45, 7) is 6.10. The van der Waals surface area contributed by atoms with Crippen LogP contribution in [-0.4, -0.2) is 33.5 Å². The van der Waals surface area contributed by atoms with Gasteiger partial charge in [0.05, 0.1) is 0 Å². The van der Waals surface area contributed by atoms with E-state index >= 15 is 0 Å². The van der Waals surface area contributed by atoms with E-state index in [9.17, 15) is 9.18 Å². The molecule has 18 heavy (non-hydrogen) atoms. The second-order valence-corrected chi connectivity index (χ2v) is 5.49. The van der Waals surface area contributed by atoms with E-state index in [4.69, 9.17) is 0 Å². The molecule has 100 valence electrons. The Balaban J connectivity index is 3.54. The summed E-state index contributed by atoms with van der Waals surface area (Å²) in [5.74, 6) is 0. The molecule has 0 spiro atoms. The smallest absolute Gasteiger partial charge is 0.265 e. The maximum Gasteiger partial charge on any atom is 0.297 e. The van der Waals surface area contributed by atoms with Crippen LogP contribution in [0.25, 0.3) is 0 Å². The van der Waals surface area contributed by atoms with Gasteiger partial charge in [-0.25, -0.2) is 0 Å². The molecule has 0 radical (unpaired) electrons. The minimum absolute atomic E-state index is 0.0906. The molecule has 0 unspecified atom stereocenters. The summed E-state index contributed by atoms with van der Waals surface area (Å²) in [6.07, 6.45) is 1.78. The van der Waals surface area contributed by atoms with E-state index in [1.165, 1.54) is 16.4 Å². The first-order valence-electron chi connectivity index (χ1n) is 5.46. The van der Waals surface area contributed by atoms with Crippen molar-refractivity contribution in [2.45, 2.75) is 38.3 Å². The monoisotopic (exact) mass is 272 g/mol. The van der Waals surface area contributed by atoms with E-state index in [-0.39, 0.29) is 5.69 Å². The summed E-state index contributed by atoms with van der Waals surface area (Å²) in [7, 11) is 0. The van der Waals surface area contributed by atoms with Crippen molar-refractivity contribution in [3.8, 4) is 0 Å². The van der Waals surface area contributed by atoms with Crippen molar-refractivity contribution in [2.75, 3.05) is 12.9 Å². The largest absolute Gasteiger partial charge is 0.297 e. The summed E-state index contributed by atoms with van der Waals surface area (Å²) in [6, 6.07) is 0. The minimum atomic E-state index is -0.958. The number of halogens is 1. The van der Waals surface area contributed by atoms with Crippen molar-refractivity contribution in [1.29, 1.82) is 0 Å². The van der Waals surface area contributed by atoms with Crippen LogP contribution in [0.3, 0.4) is 0 Å². The van der Waals surface area contributed by atoms with Gasteiger partial charge in [-0.2, -0.15) is 9.78 Å². The number of rotatable bonds is 4. The topological polar surface area (TPSA) is 60.1 Å². The first kappa shape index (κ1) is 14.8. The van der Waals surface area contributed by atoms with Gasteiger partial charge in [0.2, 0.25) is 5.16 Å². The van der Waals surface area contributed by atoms with Crippen molar-refractivity contribution in [3.05, 3.63) is 16.0 Å². The normalized spacial score (nSPS) is 11.4. The zero-order chi connectivity index (χ0) is 13.9. The predicted octanol–water partition coefficient (Wildman–Crippen LogP) is 1.85. The molecule has 7 heteroatoms. The Kier molecular flexibility index (Phi) is 4.61. The van der Waals surface area contributed by atoms with Crippen molar-refractivity contribution in [2.24, 2.45) is 5.10 Å². The molecule has 0 fully saturated rings. The van der Waals surface area contributed by atoms with Crippen LogP contribution in [-0.2, 0) is 5.41 Å². The highest BCUT2D eigenvalue weighted by Gasteiger charge is 2.28. The third kappa shape index (κ3) is 2.95. The minimum Gasteiger partial charge on any atom is -0.265 e. The first-order chi connectivity index (χ1) is 8.33. The molecule has 0 aliphatic rings. The van der Waals surface area contributed by atoms with Gasteiger partial charge >= 0.3 is 0 Å². The van der Waals surface area contributed by atoms with Crippen molar-refractivity contribution in [3.63, 3.8) is 0 Å². The standard InChI is InChI=1S/C11H17FN4OS/c1-7(2)15-16-9(17)8(11(3,4)6-12)13-14-10(16)18-5/h6H2,1-5H3. The third-order valence-electron chi connectivity index (χ3n) is 2.27. The van der Waals surface area contributed by atoms with Gasteiger partial charge in [0, 0.05) is 11.1 Å². The molecule has 1 aromatic rings. The molecule has 0 aliphatic carbocycles. The number of thioether (sulfide) groups is 1. The summed E-state index contributed by atoms with van der Waals surface area (Å²) < 4.78 is 14.1. The van der Waals surface area contributed by atoms with Gasteiger partial charge in [-0.05, 0) is 20.1 Å². The van der Waals surface area contributed by atoms with E-state index in [1.807, 2.05) is 0 Å². The molecule has 0 atom stereocenters. The molecule has 1 rings (SSSR count). The molecule has 0 saturated heterocycles. The molecule has 0 N–H and O–H groups in total. The van der Waals surface area contributed by atoms with Crippen LogP contribution < -0.4 is 5.56 Å². The molecule has 0 aliphatic heterocycles. The highest BCUT2D eigenvalue weighted by atomic mass is 32.2. The second-order valence-electron chi connectivity index (χ2n) is 4.72. The quantitative estimate of drug-likeness (QED) is 0.620. The Labute approximate surface area is 110 Å². The Morgan fingerprint density at radius 2 is 2.06 bits per heavy atom. The van der Waals surface area contributed by atoms with Gasteiger partial charge in [-0.3, -0.25) is 9.18 Å². The third-order valence-corrected chi connectivity index (χ3v) is 2.89. The number of hydrogen-bond donors (Lipinski definition) is 0. The highest BCUT2D eigenvalue weighted by molar-refractivity contribution is 7.98. The zero-order valence-corrected chi connectivity index (χ0v) is 12.0. The molecule has 1 heterocycles. The number of alkyl halides is 1. The highest BCUT2D eigenvalue weighted by Crippen LogP contribution is 2.19. The summed E-state index contributed by atoms with van der Waals surface area (Å²) >= 11 is 1.27. The fourth-order valence-electron chi connectivity index (χ4n) is 1.27. The van der Waals surface area contributed by atoms with Gasteiger partial charge in [0.15, 0.2) is 0 Å². The number of aromatic nitrogens is 3. The Hall–Kier alpha value is -1.24. The predicted molar refractivity (Wildman–Crippen MR) is 71.3 cm³/mol. The maximum absolute atomic E-state index is 13.0. The molecule has 0 bridgehead atoms. The van der Waals surface area contributed by atoms with Crippen molar-refractivity contribution in [1.82, 2.24) is 14.9 Å². The number of hydrogen-bond acceptors (Lipinski definition) is 5. The first-order valence-corrected chi connectivity index (χ1v) is 6.68. The van der Waals surface area contributed by atoms with Crippen molar-refractivity contribution < 1.29 is 4.39 Å². The molecule has 0 amide bonds. The van der Waals surface area contributed by atoms with Gasteiger partial charge in [-0.1, -0.05) is 25.6 Å². The summed E-state index contributed by atoms with van der Waals surface area (Å²) in [4.78, 5) is 12.3. The average Bonchev–Trinajstić information content (AvgIpc) is 2.30. The molecule has 1 aromatic heterocycles. The van der Waals surface area contributed by atoms with Gasteiger partial charge < -0.3 is 0 Å². The maximum atomic E-state index is 13.0. The van der Waals surface area contributed by atoms with Crippen molar-refractivity contribution >= 4 is 17.5 Å². The zero-order valence-electron chi connectivity index (χ0n) is 11.2.